The summed E-state index contributed by atoms with van der Waals surface area (Å²) in [5.74, 6) is 0.767. The monoisotopic (exact) mass is 167 g/mol. The highest BCUT2D eigenvalue weighted by Crippen LogP contribution is 1.95. The number of nitrogens with zero attached hydrogens (tertiary/aromatic N) is 1. The Morgan fingerprint density at radius 2 is 2.25 bits per heavy atom. The second kappa shape index (κ2) is 5.48. The number of anilines is 1. The lowest BCUT2D eigenvalue weighted by Gasteiger charge is -2.07. The van der Waals surface area contributed by atoms with E-state index in [1.165, 1.54) is 0 Å². The second-order valence-electron chi connectivity index (χ2n) is 2.12. The highest BCUT2D eigenvalue weighted by atomic mass is 15.7. The van der Waals surface area contributed by atoms with E-state index in [0.717, 1.165) is 12.4 Å². The molecule has 0 aromatic carbocycles. The zero-order valence-electron chi connectivity index (χ0n) is 6.96. The lowest BCUT2D eigenvalue weighted by molar-refractivity contribution is 0.480. The van der Waals surface area contributed by atoms with Crippen LogP contribution < -0.4 is 21.9 Å². The lowest BCUT2D eigenvalue weighted by atomic mass is 10.5. The van der Waals surface area contributed by atoms with Crippen molar-refractivity contribution in [2.45, 2.75) is 6.92 Å². The zero-order valence-corrected chi connectivity index (χ0v) is 6.96. The molecule has 0 unspecified atom stereocenters. The van der Waals surface area contributed by atoms with Crippen LogP contribution in [-0.4, -0.2) is 11.5 Å². The molecule has 5 heteroatoms. The average Bonchev–Trinajstić information content (AvgIpc) is 2.14. The van der Waals surface area contributed by atoms with Crippen LogP contribution in [-0.2, 0) is 0 Å². The minimum atomic E-state index is 0.767. The highest BCUT2D eigenvalue weighted by molar-refractivity contribution is 5.31. The van der Waals surface area contributed by atoms with Crippen molar-refractivity contribution in [3.63, 3.8) is 0 Å². The third kappa shape index (κ3) is 3.29. The molecule has 0 aliphatic heterocycles. The molecule has 0 amide bonds. The van der Waals surface area contributed by atoms with Gasteiger partial charge in [0.1, 0.15) is 5.82 Å². The summed E-state index contributed by atoms with van der Waals surface area (Å²) in [6.45, 7) is 2.84. The van der Waals surface area contributed by atoms with E-state index in [-0.39, 0.29) is 0 Å². The Hall–Kier alpha value is -1.17. The van der Waals surface area contributed by atoms with Gasteiger partial charge in [0.15, 0.2) is 0 Å². The Bertz CT molecular complexity index is 200. The van der Waals surface area contributed by atoms with Gasteiger partial charge in [-0.1, -0.05) is 13.0 Å². The van der Waals surface area contributed by atoms with Crippen molar-refractivity contribution < 1.29 is 0 Å². The third-order valence-electron chi connectivity index (χ3n) is 1.18. The van der Waals surface area contributed by atoms with Gasteiger partial charge in [-0.25, -0.2) is 10.4 Å². The first-order chi connectivity index (χ1) is 5.93. The molecule has 5 nitrogen and oxygen atoms in total. The van der Waals surface area contributed by atoms with Crippen molar-refractivity contribution in [3.05, 3.63) is 24.4 Å². The topological polar surface area (TPSA) is 61.0 Å². The van der Waals surface area contributed by atoms with E-state index in [9.17, 15) is 0 Å². The molecule has 0 fully saturated rings. The summed E-state index contributed by atoms with van der Waals surface area (Å²) in [5, 5.41) is 0. The predicted molar refractivity (Wildman–Crippen MR) is 47.8 cm³/mol. The van der Waals surface area contributed by atoms with Gasteiger partial charge in [0.2, 0.25) is 0 Å². The fourth-order valence-corrected chi connectivity index (χ4v) is 0.665. The van der Waals surface area contributed by atoms with E-state index < -0.39 is 0 Å². The Labute approximate surface area is 71.5 Å². The van der Waals surface area contributed by atoms with Crippen LogP contribution in [0.5, 0.6) is 0 Å². The minimum Gasteiger partial charge on any atom is -0.291 e. The second-order valence-corrected chi connectivity index (χ2v) is 2.12. The van der Waals surface area contributed by atoms with Crippen LogP contribution in [0.15, 0.2) is 24.4 Å². The van der Waals surface area contributed by atoms with E-state index in [2.05, 4.69) is 26.9 Å². The summed E-state index contributed by atoms with van der Waals surface area (Å²) in [7, 11) is 0. The molecule has 0 aliphatic rings. The summed E-state index contributed by atoms with van der Waals surface area (Å²) in [4.78, 5) is 4.03. The Morgan fingerprint density at radius 1 is 1.33 bits per heavy atom. The summed E-state index contributed by atoms with van der Waals surface area (Å²) in [6.07, 6.45) is 1.72. The number of hydrogen-bond acceptors (Lipinski definition) is 5. The van der Waals surface area contributed by atoms with Gasteiger partial charge in [0, 0.05) is 12.7 Å². The number of nitrogens with one attached hydrogen (secondary N) is 4. The molecule has 4 N–H and O–H groups in total. The number of aromatic nitrogens is 1. The first kappa shape index (κ1) is 8.92. The van der Waals surface area contributed by atoms with Crippen molar-refractivity contribution in [2.75, 3.05) is 12.0 Å². The maximum Gasteiger partial charge on any atom is 0.141 e. The third-order valence-corrected chi connectivity index (χ3v) is 1.18. The van der Waals surface area contributed by atoms with E-state index in [1.807, 2.05) is 25.1 Å². The molecule has 1 heterocycles. The molecule has 0 bridgehead atoms. The van der Waals surface area contributed by atoms with Crippen molar-refractivity contribution >= 4 is 5.82 Å². The Kier molecular flexibility index (Phi) is 4.07. The van der Waals surface area contributed by atoms with Gasteiger partial charge < -0.3 is 0 Å². The van der Waals surface area contributed by atoms with Gasteiger partial charge in [-0.3, -0.25) is 5.43 Å². The number of pyridine rings is 1. The fraction of sp³-hybridized carbons (Fsp3) is 0.286. The maximum atomic E-state index is 4.03. The van der Waals surface area contributed by atoms with Crippen LogP contribution in [0.4, 0.5) is 5.82 Å². The van der Waals surface area contributed by atoms with Crippen LogP contribution >= 0.6 is 0 Å². The molecule has 1 rings (SSSR count). The largest absolute Gasteiger partial charge is 0.291 e. The molecular weight excluding hydrogens is 154 g/mol. The van der Waals surface area contributed by atoms with Gasteiger partial charge in [-0.05, 0) is 12.1 Å². The molecule has 0 radical (unpaired) electrons. The average molecular weight is 167 g/mol. The molecule has 0 saturated carbocycles. The molecule has 0 aliphatic carbocycles. The van der Waals surface area contributed by atoms with E-state index in [0.29, 0.717) is 0 Å². The Morgan fingerprint density at radius 3 is 2.92 bits per heavy atom. The van der Waals surface area contributed by atoms with Crippen LogP contribution in [0, 0.1) is 0 Å². The standard InChI is InChI=1S/C7H13N5/c1-2-9-11-12-10-7-5-3-4-6-8-7/h3-6,9,11-12H,2H2,1H3,(H,8,10). The normalized spacial score (nSPS) is 9.75. The van der Waals surface area contributed by atoms with Crippen molar-refractivity contribution in [1.82, 2.24) is 21.5 Å². The number of rotatable bonds is 5. The van der Waals surface area contributed by atoms with E-state index >= 15 is 0 Å². The molecule has 1 aromatic heterocycles. The van der Waals surface area contributed by atoms with Crippen molar-refractivity contribution in [3.8, 4) is 0 Å². The molecule has 66 valence electrons. The molecule has 1 aromatic rings. The van der Waals surface area contributed by atoms with E-state index in [1.54, 1.807) is 6.20 Å². The molecule has 12 heavy (non-hydrogen) atoms. The summed E-state index contributed by atoms with van der Waals surface area (Å²) in [5.41, 5.74) is 11.2. The Balaban J connectivity index is 2.16. The number of hydrazine groups is 3. The molecule has 0 saturated heterocycles. The van der Waals surface area contributed by atoms with Gasteiger partial charge in [0.25, 0.3) is 0 Å². The van der Waals surface area contributed by atoms with Gasteiger partial charge in [-0.2, -0.15) is 11.1 Å². The van der Waals surface area contributed by atoms with Crippen LogP contribution in [0.3, 0.4) is 0 Å². The molecular formula is C7H13N5. The van der Waals surface area contributed by atoms with Crippen LogP contribution in [0.2, 0.25) is 0 Å². The lowest BCUT2D eigenvalue weighted by Crippen LogP contribution is -2.46. The first-order valence-electron chi connectivity index (χ1n) is 3.83. The van der Waals surface area contributed by atoms with Crippen molar-refractivity contribution in [2.24, 2.45) is 0 Å². The van der Waals surface area contributed by atoms with Gasteiger partial charge in [-0.15, -0.1) is 0 Å². The molecule has 0 atom stereocenters. The maximum absolute atomic E-state index is 4.03. The first-order valence-corrected chi connectivity index (χ1v) is 3.83. The summed E-state index contributed by atoms with van der Waals surface area (Å²) < 4.78 is 0. The predicted octanol–water partition coefficient (Wildman–Crippen LogP) is 0.0272. The minimum absolute atomic E-state index is 0.767. The zero-order chi connectivity index (χ0) is 8.65. The highest BCUT2D eigenvalue weighted by Gasteiger charge is 1.86. The van der Waals surface area contributed by atoms with Crippen molar-refractivity contribution in [1.29, 1.82) is 0 Å². The van der Waals surface area contributed by atoms with Gasteiger partial charge >= 0.3 is 0 Å². The van der Waals surface area contributed by atoms with Gasteiger partial charge in [0.05, 0.1) is 0 Å². The fourth-order valence-electron chi connectivity index (χ4n) is 0.665. The van der Waals surface area contributed by atoms with Crippen LogP contribution in [0.1, 0.15) is 6.92 Å². The summed E-state index contributed by atoms with van der Waals surface area (Å²) >= 11 is 0. The quantitative estimate of drug-likeness (QED) is 0.368. The SMILES string of the molecule is CCNNNNc1ccccn1. The smallest absolute Gasteiger partial charge is 0.141 e. The number of hydrogen-bond donors (Lipinski definition) is 4. The summed E-state index contributed by atoms with van der Waals surface area (Å²) in [6, 6.07) is 5.63. The van der Waals surface area contributed by atoms with E-state index in [4.69, 9.17) is 0 Å². The molecule has 0 spiro atoms. The van der Waals surface area contributed by atoms with Crippen LogP contribution in [0.25, 0.3) is 0 Å².